The summed E-state index contributed by atoms with van der Waals surface area (Å²) in [5.74, 6) is -0.848. The van der Waals surface area contributed by atoms with Crippen LogP contribution < -0.4 is 0 Å². The Balaban J connectivity index is 1.76. The van der Waals surface area contributed by atoms with E-state index in [9.17, 15) is 4.79 Å². The minimum atomic E-state index is -0.849. The summed E-state index contributed by atoms with van der Waals surface area (Å²) >= 11 is 0. The number of carbonyl (C=O) groups excluding carboxylic acids is 1. The van der Waals surface area contributed by atoms with Crippen LogP contribution in [0.2, 0.25) is 0 Å². The summed E-state index contributed by atoms with van der Waals surface area (Å²) in [4.78, 5) is 20.8. The van der Waals surface area contributed by atoms with Crippen molar-refractivity contribution in [2.24, 2.45) is 0 Å². The van der Waals surface area contributed by atoms with Crippen LogP contribution in [-0.4, -0.2) is 11.6 Å². The van der Waals surface area contributed by atoms with Crippen LogP contribution >= 0.6 is 0 Å². The molecule has 0 atom stereocenters. The third-order valence-corrected chi connectivity index (χ3v) is 4.18. The summed E-state index contributed by atoms with van der Waals surface area (Å²) in [5.41, 5.74) is 0. The smallest absolute Gasteiger partial charge is 0.291 e. The van der Waals surface area contributed by atoms with E-state index < -0.39 is 5.79 Å². The summed E-state index contributed by atoms with van der Waals surface area (Å²) in [6.45, 7) is 3.80. The molecule has 0 unspecified atom stereocenters. The zero-order valence-corrected chi connectivity index (χ0v) is 13.4. The van der Waals surface area contributed by atoms with Crippen molar-refractivity contribution in [1.82, 2.24) is 0 Å². The van der Waals surface area contributed by atoms with Gasteiger partial charge in [-0.25, -0.2) is 0 Å². The first-order valence-corrected chi connectivity index (χ1v) is 8.59. The molecule has 0 radical (unpaired) electrons. The maximum Gasteiger partial charge on any atom is 0.291 e. The van der Waals surface area contributed by atoms with Crippen molar-refractivity contribution in [2.75, 3.05) is 0 Å². The predicted molar refractivity (Wildman–Crippen MR) is 81.3 cm³/mol. The van der Waals surface area contributed by atoms with Crippen LogP contribution in [0.4, 0.5) is 0 Å². The van der Waals surface area contributed by atoms with Crippen molar-refractivity contribution in [1.29, 1.82) is 0 Å². The molecule has 0 spiro atoms. The lowest BCUT2D eigenvalue weighted by Gasteiger charge is -2.04. The van der Waals surface area contributed by atoms with E-state index in [4.69, 9.17) is 9.78 Å². The number of Topliss-reactive ketones (excluding diaryl/α,β-unsaturated/α-hetero) is 1. The van der Waals surface area contributed by atoms with Gasteiger partial charge in [0.05, 0.1) is 0 Å². The Hall–Kier alpha value is -0.410. The molecule has 3 nitrogen and oxygen atoms in total. The van der Waals surface area contributed by atoms with Crippen molar-refractivity contribution < 1.29 is 14.6 Å². The second kappa shape index (κ2) is 10.3. The Kier molecular flexibility index (Phi) is 9.12. The topological polar surface area (TPSA) is 42.1 Å². The van der Waals surface area contributed by atoms with Crippen LogP contribution in [0.3, 0.4) is 0 Å². The molecule has 0 amide bonds. The van der Waals surface area contributed by atoms with Crippen LogP contribution in [0, 0.1) is 0 Å². The normalized spacial score (nSPS) is 16.3. The van der Waals surface area contributed by atoms with Gasteiger partial charge in [0.25, 0.3) is 5.79 Å². The number of unbranched alkanes of at least 4 members (excludes halogenated alkanes) is 11. The first kappa shape index (κ1) is 17.6. The van der Waals surface area contributed by atoms with Crippen LogP contribution in [0.5, 0.6) is 0 Å². The van der Waals surface area contributed by atoms with Crippen molar-refractivity contribution in [3.63, 3.8) is 0 Å². The molecule has 1 fully saturated rings. The maximum atomic E-state index is 11.2. The zero-order valence-electron chi connectivity index (χ0n) is 13.4. The van der Waals surface area contributed by atoms with Crippen molar-refractivity contribution in [3.05, 3.63) is 0 Å². The van der Waals surface area contributed by atoms with Gasteiger partial charge in [-0.05, 0) is 6.42 Å². The van der Waals surface area contributed by atoms with Gasteiger partial charge >= 0.3 is 0 Å². The lowest BCUT2D eigenvalue weighted by Crippen LogP contribution is -2.20. The van der Waals surface area contributed by atoms with E-state index in [1.54, 1.807) is 0 Å². The van der Waals surface area contributed by atoms with Gasteiger partial charge in [0.2, 0.25) is 0 Å². The summed E-state index contributed by atoms with van der Waals surface area (Å²) in [5, 5.41) is 0. The zero-order chi connectivity index (χ0) is 14.7. The fourth-order valence-electron chi connectivity index (χ4n) is 2.63. The van der Waals surface area contributed by atoms with Crippen molar-refractivity contribution >= 4 is 5.78 Å². The Morgan fingerprint density at radius 1 is 0.750 bits per heavy atom. The number of ketones is 1. The molecule has 0 N–H and O–H groups in total. The van der Waals surface area contributed by atoms with Crippen LogP contribution in [-0.2, 0) is 14.6 Å². The van der Waals surface area contributed by atoms with Gasteiger partial charge in [-0.15, -0.1) is 0 Å². The first-order chi connectivity index (χ1) is 9.71. The molecule has 1 saturated heterocycles. The van der Waals surface area contributed by atoms with Crippen LogP contribution in [0.1, 0.15) is 97.3 Å². The van der Waals surface area contributed by atoms with E-state index in [1.165, 1.54) is 77.6 Å². The number of hydrogen-bond acceptors (Lipinski definition) is 3. The van der Waals surface area contributed by atoms with Crippen molar-refractivity contribution in [2.45, 2.75) is 103 Å². The van der Waals surface area contributed by atoms with Gasteiger partial charge < -0.3 is 0 Å². The summed E-state index contributed by atoms with van der Waals surface area (Å²) in [6, 6.07) is 0. The minimum absolute atomic E-state index is 0.000531. The highest BCUT2D eigenvalue weighted by molar-refractivity contribution is 5.84. The molecule has 118 valence electrons. The van der Waals surface area contributed by atoms with Gasteiger partial charge in [0, 0.05) is 13.3 Å². The Bertz CT molecular complexity index is 259. The Labute approximate surface area is 124 Å². The van der Waals surface area contributed by atoms with Crippen LogP contribution in [0.25, 0.3) is 0 Å². The fraction of sp³-hybridized carbons (Fsp3) is 0.941. The number of rotatable bonds is 14. The summed E-state index contributed by atoms with van der Waals surface area (Å²) in [6.07, 6.45) is 16.6. The average Bonchev–Trinajstić information content (AvgIpc) is 3.21. The van der Waals surface area contributed by atoms with E-state index >= 15 is 0 Å². The maximum absolute atomic E-state index is 11.2. The first-order valence-electron chi connectivity index (χ1n) is 8.59. The van der Waals surface area contributed by atoms with E-state index in [0.717, 1.165) is 12.8 Å². The third kappa shape index (κ3) is 7.39. The van der Waals surface area contributed by atoms with Gasteiger partial charge in [-0.2, -0.15) is 9.78 Å². The Morgan fingerprint density at radius 2 is 1.15 bits per heavy atom. The molecule has 1 rings (SSSR count). The predicted octanol–water partition coefficient (Wildman–Crippen LogP) is 5.32. The molecular formula is C17H32O3. The lowest BCUT2D eigenvalue weighted by molar-refractivity contribution is -0.123. The van der Waals surface area contributed by atoms with Crippen molar-refractivity contribution in [3.8, 4) is 0 Å². The molecule has 20 heavy (non-hydrogen) atoms. The molecule has 3 heteroatoms. The molecular weight excluding hydrogens is 252 g/mol. The molecule has 0 aromatic rings. The monoisotopic (exact) mass is 284 g/mol. The van der Waals surface area contributed by atoms with Gasteiger partial charge in [-0.3, -0.25) is 4.79 Å². The molecule has 1 aliphatic heterocycles. The van der Waals surface area contributed by atoms with Gasteiger partial charge in [-0.1, -0.05) is 77.6 Å². The molecule has 0 aromatic heterocycles. The molecule has 1 heterocycles. The largest absolute Gasteiger partial charge is 0.294 e. The Morgan fingerprint density at radius 3 is 1.50 bits per heavy atom. The second-order valence-corrected chi connectivity index (χ2v) is 6.11. The van der Waals surface area contributed by atoms with E-state index in [0.29, 0.717) is 0 Å². The SMILES string of the molecule is CCCCCCCCCCCCCCC1(C(C)=O)OO1. The molecule has 0 saturated carbocycles. The van der Waals surface area contributed by atoms with E-state index in [1.807, 2.05) is 0 Å². The molecule has 0 bridgehead atoms. The van der Waals surface area contributed by atoms with E-state index in [-0.39, 0.29) is 5.78 Å². The molecule has 1 aliphatic rings. The number of carbonyl (C=O) groups is 1. The molecule has 0 aromatic carbocycles. The highest BCUT2D eigenvalue weighted by atomic mass is 17.4. The number of hydrogen-bond donors (Lipinski definition) is 0. The summed E-state index contributed by atoms with van der Waals surface area (Å²) in [7, 11) is 0. The quantitative estimate of drug-likeness (QED) is 0.246. The van der Waals surface area contributed by atoms with E-state index in [2.05, 4.69) is 6.92 Å². The average molecular weight is 284 g/mol. The second-order valence-electron chi connectivity index (χ2n) is 6.11. The highest BCUT2D eigenvalue weighted by Gasteiger charge is 2.53. The van der Waals surface area contributed by atoms with Gasteiger partial charge in [0.1, 0.15) is 0 Å². The standard InChI is InChI=1S/C17H32O3/c1-3-4-5-6-7-8-9-10-11-12-13-14-15-17(16(2)18)19-20-17/h3-15H2,1-2H3. The molecule has 0 aliphatic carbocycles. The fourth-order valence-corrected chi connectivity index (χ4v) is 2.63. The summed E-state index contributed by atoms with van der Waals surface area (Å²) < 4.78 is 0. The van der Waals surface area contributed by atoms with Gasteiger partial charge in [0.15, 0.2) is 5.78 Å². The lowest BCUT2D eigenvalue weighted by atomic mass is 10.0. The van der Waals surface area contributed by atoms with Crippen LogP contribution in [0.15, 0.2) is 0 Å². The highest BCUT2D eigenvalue weighted by Crippen LogP contribution is 2.35. The minimum Gasteiger partial charge on any atom is -0.294 e. The third-order valence-electron chi connectivity index (χ3n) is 4.18.